The van der Waals surface area contributed by atoms with Gasteiger partial charge in [0.25, 0.3) is 16.0 Å². The summed E-state index contributed by atoms with van der Waals surface area (Å²) < 4.78 is 40.4. The normalized spacial score (nSPS) is 17.1. The lowest BCUT2D eigenvalue weighted by Gasteiger charge is -2.27. The molecule has 45 heavy (non-hydrogen) atoms. The van der Waals surface area contributed by atoms with Crippen LogP contribution in [0, 0.1) is 0 Å². The highest BCUT2D eigenvalue weighted by Gasteiger charge is 2.43. The fraction of sp³-hybridized carbons (Fsp3) is 0.367. The molecule has 0 aliphatic carbocycles. The number of imidazole rings is 1. The molecule has 1 aliphatic rings. The summed E-state index contributed by atoms with van der Waals surface area (Å²) in [6, 6.07) is 8.76. The molecular formula is C30H34N4O10S. The van der Waals surface area contributed by atoms with E-state index in [4.69, 9.17) is 9.84 Å². The molecule has 15 heteroatoms. The standard InChI is InChI=1S/C30H34N4O10S/c1-2-3-4-5-9-23(33-17-26(31-18-33)32-27(35)22-8-6-7-10-25(22)45(41,42)43)28(36)34-16-21(15-24(34)30(39)40)44-20-13-11-19(12-14-20)29(37)38/h6-8,10-14,17-18,21,23-24H,2-5,9,15-16H2,1H3,(H,32,35)(H,37,38)(H,39,40)(H,41,42,43)/t21?,23?,24-/m0/s1. The average molecular weight is 643 g/mol. The number of aromatic carboxylic acids is 1. The lowest BCUT2D eigenvalue weighted by molar-refractivity contribution is -0.149. The van der Waals surface area contributed by atoms with E-state index in [0.29, 0.717) is 18.6 Å². The van der Waals surface area contributed by atoms with Gasteiger partial charge in [-0.3, -0.25) is 14.1 Å². The Labute approximate surface area is 259 Å². The fourth-order valence-corrected chi connectivity index (χ4v) is 5.91. The van der Waals surface area contributed by atoms with Crippen molar-refractivity contribution in [2.45, 2.75) is 68.5 Å². The molecule has 3 aromatic rings. The molecule has 1 saturated heterocycles. The fourth-order valence-electron chi connectivity index (χ4n) is 5.22. The van der Waals surface area contributed by atoms with E-state index in [9.17, 15) is 37.3 Å². The van der Waals surface area contributed by atoms with Crippen LogP contribution < -0.4 is 10.1 Å². The molecule has 2 aromatic carbocycles. The average Bonchev–Trinajstić information content (AvgIpc) is 3.64. The molecular weight excluding hydrogens is 608 g/mol. The molecule has 2 unspecified atom stereocenters. The molecule has 4 N–H and O–H groups in total. The smallest absolute Gasteiger partial charge is 0.335 e. The van der Waals surface area contributed by atoms with E-state index in [2.05, 4.69) is 10.3 Å². The quantitative estimate of drug-likeness (QED) is 0.147. The van der Waals surface area contributed by atoms with Gasteiger partial charge in [-0.1, -0.05) is 44.7 Å². The van der Waals surface area contributed by atoms with Crippen LogP contribution in [0.25, 0.3) is 0 Å². The third kappa shape index (κ3) is 8.25. The van der Waals surface area contributed by atoms with Crippen molar-refractivity contribution in [3.8, 4) is 5.75 Å². The highest BCUT2D eigenvalue weighted by Crippen LogP contribution is 2.29. The number of nitrogens with zero attached hydrogens (tertiary/aromatic N) is 3. The molecule has 1 aromatic heterocycles. The predicted molar refractivity (Wildman–Crippen MR) is 160 cm³/mol. The zero-order valence-electron chi connectivity index (χ0n) is 24.4. The van der Waals surface area contributed by atoms with Crippen molar-refractivity contribution >= 4 is 39.7 Å². The van der Waals surface area contributed by atoms with E-state index in [1.807, 2.05) is 6.92 Å². The number of rotatable bonds is 14. The van der Waals surface area contributed by atoms with Crippen molar-refractivity contribution in [2.75, 3.05) is 11.9 Å². The number of anilines is 1. The van der Waals surface area contributed by atoms with Crippen molar-refractivity contribution in [3.05, 3.63) is 72.2 Å². The number of nitrogens with one attached hydrogen (secondary N) is 1. The van der Waals surface area contributed by atoms with Crippen molar-refractivity contribution in [1.29, 1.82) is 0 Å². The van der Waals surface area contributed by atoms with Crippen molar-refractivity contribution in [1.82, 2.24) is 14.5 Å². The van der Waals surface area contributed by atoms with Crippen LogP contribution in [0.5, 0.6) is 5.75 Å². The zero-order valence-corrected chi connectivity index (χ0v) is 25.2. The van der Waals surface area contributed by atoms with Gasteiger partial charge in [-0.05, 0) is 42.8 Å². The molecule has 2 heterocycles. The number of carbonyl (C=O) groups excluding carboxylic acids is 2. The summed E-state index contributed by atoms with van der Waals surface area (Å²) in [4.78, 5) is 55.0. The number of carboxylic acid groups (broad SMARTS) is 2. The van der Waals surface area contributed by atoms with Gasteiger partial charge >= 0.3 is 11.9 Å². The largest absolute Gasteiger partial charge is 0.488 e. The van der Waals surface area contributed by atoms with Gasteiger partial charge in [-0.25, -0.2) is 14.6 Å². The number of aliphatic carboxylic acids is 1. The Bertz CT molecular complexity index is 1650. The maximum atomic E-state index is 14.0. The van der Waals surface area contributed by atoms with Crippen LogP contribution in [0.15, 0.2) is 66.0 Å². The molecule has 0 saturated carbocycles. The maximum Gasteiger partial charge on any atom is 0.335 e. The first kappa shape index (κ1) is 33.1. The second-order valence-corrected chi connectivity index (χ2v) is 12.0. The summed E-state index contributed by atoms with van der Waals surface area (Å²) in [5, 5.41) is 21.6. The molecule has 240 valence electrons. The highest BCUT2D eigenvalue weighted by molar-refractivity contribution is 7.86. The third-order valence-corrected chi connectivity index (χ3v) is 8.38. The third-order valence-electron chi connectivity index (χ3n) is 7.46. The first-order valence-electron chi connectivity index (χ1n) is 14.3. The summed E-state index contributed by atoms with van der Waals surface area (Å²) >= 11 is 0. The highest BCUT2D eigenvalue weighted by atomic mass is 32.2. The van der Waals surface area contributed by atoms with E-state index in [-0.39, 0.29) is 29.9 Å². The number of likely N-dealkylation sites (tertiary alicyclic amines) is 1. The van der Waals surface area contributed by atoms with Gasteiger partial charge in [0.15, 0.2) is 5.82 Å². The van der Waals surface area contributed by atoms with E-state index in [1.165, 1.54) is 64.5 Å². The van der Waals surface area contributed by atoms with Crippen LogP contribution in [-0.2, 0) is 19.7 Å². The van der Waals surface area contributed by atoms with Gasteiger partial charge in [-0.15, -0.1) is 0 Å². The number of amides is 2. The summed E-state index contributed by atoms with van der Waals surface area (Å²) in [6.45, 7) is 2.03. The van der Waals surface area contributed by atoms with Gasteiger partial charge in [0.05, 0.1) is 24.0 Å². The van der Waals surface area contributed by atoms with Crippen LogP contribution in [0.3, 0.4) is 0 Å². The molecule has 1 aliphatic heterocycles. The number of carboxylic acids is 2. The minimum atomic E-state index is -4.68. The molecule has 2 amide bonds. The molecule has 3 atom stereocenters. The number of aromatic nitrogens is 2. The minimum absolute atomic E-state index is 0.0127. The number of hydrogen-bond donors (Lipinski definition) is 4. The Kier molecular flexibility index (Phi) is 10.6. The number of hydrogen-bond acceptors (Lipinski definition) is 8. The predicted octanol–water partition coefficient (Wildman–Crippen LogP) is 3.72. The summed E-state index contributed by atoms with van der Waals surface area (Å²) in [6.07, 6.45) is 5.85. The molecule has 0 bridgehead atoms. The number of benzene rings is 2. The molecule has 0 radical (unpaired) electrons. The van der Waals surface area contributed by atoms with Gasteiger partial charge < -0.3 is 29.7 Å². The topological polar surface area (TPSA) is 205 Å². The van der Waals surface area contributed by atoms with Crippen LogP contribution in [-0.4, -0.2) is 80.1 Å². The minimum Gasteiger partial charge on any atom is -0.488 e. The molecule has 0 spiro atoms. The van der Waals surface area contributed by atoms with Gasteiger partial charge in [-0.2, -0.15) is 8.42 Å². The summed E-state index contributed by atoms with van der Waals surface area (Å²) in [5.41, 5.74) is -0.231. The number of ether oxygens (including phenoxy) is 1. The van der Waals surface area contributed by atoms with Crippen LogP contribution in [0.1, 0.15) is 72.2 Å². The van der Waals surface area contributed by atoms with Gasteiger partial charge in [0.1, 0.15) is 28.8 Å². The first-order valence-corrected chi connectivity index (χ1v) is 15.8. The van der Waals surface area contributed by atoms with Gasteiger partial charge in [0, 0.05) is 12.6 Å². The van der Waals surface area contributed by atoms with Crippen molar-refractivity contribution < 1.29 is 47.1 Å². The maximum absolute atomic E-state index is 14.0. The second-order valence-electron chi connectivity index (χ2n) is 10.6. The monoisotopic (exact) mass is 642 g/mol. The van der Waals surface area contributed by atoms with Crippen molar-refractivity contribution in [3.63, 3.8) is 0 Å². The Morgan fingerprint density at radius 2 is 1.76 bits per heavy atom. The Morgan fingerprint density at radius 1 is 1.04 bits per heavy atom. The van der Waals surface area contributed by atoms with Gasteiger partial charge in [0.2, 0.25) is 5.91 Å². The first-order chi connectivity index (χ1) is 21.4. The van der Waals surface area contributed by atoms with Crippen LogP contribution >= 0.6 is 0 Å². The second kappa shape index (κ2) is 14.3. The van der Waals surface area contributed by atoms with E-state index >= 15 is 0 Å². The lowest BCUT2D eigenvalue weighted by Crippen LogP contribution is -2.44. The Hall–Kier alpha value is -4.76. The molecule has 1 fully saturated rings. The zero-order chi connectivity index (χ0) is 32.7. The summed E-state index contributed by atoms with van der Waals surface area (Å²) in [5.74, 6) is -3.26. The molecule has 14 nitrogen and oxygen atoms in total. The SMILES string of the molecule is CCCCCCC(C(=O)N1CC(Oc2ccc(C(=O)O)cc2)C[C@H]1C(=O)O)n1cnc(NC(=O)c2ccccc2S(=O)(=O)O)c1. The van der Waals surface area contributed by atoms with E-state index in [0.717, 1.165) is 25.3 Å². The van der Waals surface area contributed by atoms with E-state index in [1.54, 1.807) is 0 Å². The summed E-state index contributed by atoms with van der Waals surface area (Å²) in [7, 11) is -4.68. The Morgan fingerprint density at radius 3 is 2.40 bits per heavy atom. The van der Waals surface area contributed by atoms with E-state index < -0.39 is 57.0 Å². The van der Waals surface area contributed by atoms with Crippen LogP contribution in [0.4, 0.5) is 5.82 Å². The van der Waals surface area contributed by atoms with Crippen molar-refractivity contribution in [2.24, 2.45) is 0 Å². The lowest BCUT2D eigenvalue weighted by atomic mass is 10.1. The Balaban J connectivity index is 1.54. The number of unbranched alkanes of at least 4 members (excludes halogenated alkanes) is 3. The van der Waals surface area contributed by atoms with Crippen LogP contribution in [0.2, 0.25) is 0 Å². The number of carbonyl (C=O) groups is 4. The molecule has 4 rings (SSSR count).